The lowest BCUT2D eigenvalue weighted by atomic mass is 10.2. The standard InChI is InChI=1S/C23H18FN5O/c24-16-6-8-17(9-7-16)27-23(30)28-20-4-1-5-21-19(20)10-12-29(21)14-15-13-26-22-18(15)3-2-11-25-22/h1-13H,14H2,(H,25,26)(H2,27,28,30). The van der Waals surface area contributed by atoms with E-state index in [1.807, 2.05) is 48.8 Å². The number of carbonyl (C=O) groups excluding carboxylic acids is 1. The van der Waals surface area contributed by atoms with Crippen LogP contribution in [0.4, 0.5) is 20.6 Å². The van der Waals surface area contributed by atoms with E-state index in [9.17, 15) is 9.18 Å². The number of pyridine rings is 1. The van der Waals surface area contributed by atoms with Gasteiger partial charge in [-0.25, -0.2) is 14.2 Å². The molecule has 0 fully saturated rings. The Bertz CT molecular complexity index is 1350. The van der Waals surface area contributed by atoms with Gasteiger partial charge in [0, 0.05) is 41.6 Å². The maximum absolute atomic E-state index is 13.0. The average Bonchev–Trinajstić information content (AvgIpc) is 3.35. The number of aromatic amines is 1. The summed E-state index contributed by atoms with van der Waals surface area (Å²) < 4.78 is 15.2. The normalized spacial score (nSPS) is 11.1. The van der Waals surface area contributed by atoms with Crippen molar-refractivity contribution >= 4 is 39.3 Å². The third-order valence-electron chi connectivity index (χ3n) is 5.04. The molecule has 0 aliphatic heterocycles. The fraction of sp³-hybridized carbons (Fsp3) is 0.0435. The second-order valence-corrected chi connectivity index (χ2v) is 6.98. The summed E-state index contributed by atoms with van der Waals surface area (Å²) in [5, 5.41) is 7.61. The third-order valence-corrected chi connectivity index (χ3v) is 5.04. The summed E-state index contributed by atoms with van der Waals surface area (Å²) in [6.07, 6.45) is 5.74. The number of hydrogen-bond acceptors (Lipinski definition) is 2. The van der Waals surface area contributed by atoms with Crippen LogP contribution >= 0.6 is 0 Å². The molecule has 3 N–H and O–H groups in total. The van der Waals surface area contributed by atoms with Gasteiger partial charge in [0.05, 0.1) is 11.2 Å². The smallest absolute Gasteiger partial charge is 0.323 e. The predicted molar refractivity (Wildman–Crippen MR) is 116 cm³/mol. The van der Waals surface area contributed by atoms with Crippen LogP contribution in [0, 0.1) is 5.82 Å². The van der Waals surface area contributed by atoms with Crippen molar-refractivity contribution in [2.45, 2.75) is 6.54 Å². The Morgan fingerprint density at radius 1 is 1.00 bits per heavy atom. The monoisotopic (exact) mass is 399 g/mol. The summed E-state index contributed by atoms with van der Waals surface area (Å²) in [5.74, 6) is -0.349. The summed E-state index contributed by atoms with van der Waals surface area (Å²) >= 11 is 0. The van der Waals surface area contributed by atoms with Crippen molar-refractivity contribution < 1.29 is 9.18 Å². The van der Waals surface area contributed by atoms with E-state index in [2.05, 4.69) is 25.2 Å². The summed E-state index contributed by atoms with van der Waals surface area (Å²) in [4.78, 5) is 19.9. The van der Waals surface area contributed by atoms with Gasteiger partial charge in [-0.2, -0.15) is 0 Å². The number of halogens is 1. The summed E-state index contributed by atoms with van der Waals surface area (Å²) in [5.41, 5.74) is 4.23. The third kappa shape index (κ3) is 3.37. The summed E-state index contributed by atoms with van der Waals surface area (Å²) in [7, 11) is 0. The molecule has 0 saturated heterocycles. The minimum absolute atomic E-state index is 0.349. The molecule has 5 aromatic rings. The van der Waals surface area contributed by atoms with Gasteiger partial charge in [-0.15, -0.1) is 0 Å². The second kappa shape index (κ2) is 7.36. The molecule has 0 spiro atoms. The minimum atomic E-state index is -0.385. The molecule has 5 rings (SSSR count). The lowest BCUT2D eigenvalue weighted by Crippen LogP contribution is -2.19. The average molecular weight is 399 g/mol. The van der Waals surface area contributed by atoms with Crippen molar-refractivity contribution in [2.24, 2.45) is 0 Å². The van der Waals surface area contributed by atoms with Crippen molar-refractivity contribution in [2.75, 3.05) is 10.6 Å². The molecular weight excluding hydrogens is 381 g/mol. The van der Waals surface area contributed by atoms with Gasteiger partial charge in [-0.05, 0) is 60.2 Å². The largest absolute Gasteiger partial charge is 0.346 e. The molecule has 0 unspecified atom stereocenters. The van der Waals surface area contributed by atoms with Crippen LogP contribution in [0.5, 0.6) is 0 Å². The lowest BCUT2D eigenvalue weighted by Gasteiger charge is -2.10. The van der Waals surface area contributed by atoms with Gasteiger partial charge in [0.25, 0.3) is 0 Å². The zero-order chi connectivity index (χ0) is 20.5. The van der Waals surface area contributed by atoms with Crippen molar-refractivity contribution in [3.8, 4) is 0 Å². The molecular formula is C23H18FN5O. The Morgan fingerprint density at radius 2 is 1.87 bits per heavy atom. The van der Waals surface area contributed by atoms with Crippen LogP contribution in [0.15, 0.2) is 79.3 Å². The summed E-state index contributed by atoms with van der Waals surface area (Å²) in [6.45, 7) is 0.681. The number of nitrogens with zero attached hydrogens (tertiary/aromatic N) is 2. The zero-order valence-corrected chi connectivity index (χ0v) is 15.9. The summed E-state index contributed by atoms with van der Waals surface area (Å²) in [6, 6.07) is 17.0. The second-order valence-electron chi connectivity index (χ2n) is 6.98. The van der Waals surface area contributed by atoms with E-state index in [0.29, 0.717) is 17.9 Å². The number of aromatic nitrogens is 3. The van der Waals surface area contributed by atoms with Crippen LogP contribution in [-0.4, -0.2) is 20.6 Å². The number of nitrogens with one attached hydrogen (secondary N) is 3. The number of carbonyl (C=O) groups is 1. The van der Waals surface area contributed by atoms with E-state index in [4.69, 9.17) is 0 Å². The number of H-pyrrole nitrogens is 1. The van der Waals surface area contributed by atoms with Crippen LogP contribution < -0.4 is 10.6 Å². The van der Waals surface area contributed by atoms with E-state index in [-0.39, 0.29) is 11.8 Å². The van der Waals surface area contributed by atoms with Crippen LogP contribution in [0.2, 0.25) is 0 Å². The topological polar surface area (TPSA) is 74.7 Å². The maximum atomic E-state index is 13.0. The molecule has 0 aliphatic rings. The molecule has 0 bridgehead atoms. The molecule has 7 heteroatoms. The fourth-order valence-corrected chi connectivity index (χ4v) is 3.62. The van der Waals surface area contributed by atoms with Gasteiger partial charge < -0.3 is 20.2 Å². The predicted octanol–water partition coefficient (Wildman–Crippen LogP) is 5.35. The molecule has 3 aromatic heterocycles. The van der Waals surface area contributed by atoms with Crippen molar-refractivity contribution in [1.82, 2.24) is 14.5 Å². The van der Waals surface area contributed by atoms with Gasteiger partial charge in [-0.1, -0.05) is 6.07 Å². The van der Waals surface area contributed by atoms with Gasteiger partial charge in [0.15, 0.2) is 0 Å². The highest BCUT2D eigenvalue weighted by Gasteiger charge is 2.11. The van der Waals surface area contributed by atoms with Crippen molar-refractivity contribution in [3.05, 3.63) is 90.6 Å². The first kappa shape index (κ1) is 17.9. The van der Waals surface area contributed by atoms with E-state index in [0.717, 1.165) is 27.5 Å². The van der Waals surface area contributed by atoms with E-state index in [1.165, 1.54) is 24.3 Å². The van der Waals surface area contributed by atoms with E-state index < -0.39 is 0 Å². The Morgan fingerprint density at radius 3 is 2.73 bits per heavy atom. The number of benzene rings is 2. The molecule has 0 aliphatic carbocycles. The zero-order valence-electron chi connectivity index (χ0n) is 15.9. The highest BCUT2D eigenvalue weighted by molar-refractivity contribution is 6.05. The first-order valence-corrected chi connectivity index (χ1v) is 9.50. The Labute approximate surface area is 171 Å². The number of anilines is 2. The molecule has 148 valence electrons. The first-order chi connectivity index (χ1) is 14.7. The number of fused-ring (bicyclic) bond motifs is 2. The van der Waals surface area contributed by atoms with E-state index >= 15 is 0 Å². The van der Waals surface area contributed by atoms with Gasteiger partial charge >= 0.3 is 6.03 Å². The molecule has 30 heavy (non-hydrogen) atoms. The van der Waals surface area contributed by atoms with Crippen LogP contribution in [0.1, 0.15) is 5.56 Å². The SMILES string of the molecule is O=C(Nc1ccc(F)cc1)Nc1cccc2c1ccn2Cc1c[nH]c2ncccc12. The van der Waals surface area contributed by atoms with Gasteiger partial charge in [0.2, 0.25) is 0 Å². The van der Waals surface area contributed by atoms with Gasteiger partial charge in [-0.3, -0.25) is 0 Å². The van der Waals surface area contributed by atoms with Crippen LogP contribution in [0.25, 0.3) is 21.9 Å². The Hall–Kier alpha value is -4.13. The van der Waals surface area contributed by atoms with Crippen molar-refractivity contribution in [3.63, 3.8) is 0 Å². The number of amides is 2. The molecule has 0 atom stereocenters. The molecule has 2 aromatic carbocycles. The molecule has 0 saturated carbocycles. The van der Waals surface area contributed by atoms with Crippen LogP contribution in [-0.2, 0) is 6.54 Å². The highest BCUT2D eigenvalue weighted by atomic mass is 19.1. The minimum Gasteiger partial charge on any atom is -0.346 e. The highest BCUT2D eigenvalue weighted by Crippen LogP contribution is 2.26. The Balaban J connectivity index is 1.39. The molecule has 6 nitrogen and oxygen atoms in total. The molecule has 2 amide bonds. The lowest BCUT2D eigenvalue weighted by molar-refractivity contribution is 0.262. The number of rotatable bonds is 4. The quantitative estimate of drug-likeness (QED) is 0.381. The maximum Gasteiger partial charge on any atom is 0.323 e. The number of hydrogen-bond donors (Lipinski definition) is 3. The molecule has 0 radical (unpaired) electrons. The van der Waals surface area contributed by atoms with Crippen LogP contribution in [0.3, 0.4) is 0 Å². The van der Waals surface area contributed by atoms with Crippen molar-refractivity contribution in [1.29, 1.82) is 0 Å². The fourth-order valence-electron chi connectivity index (χ4n) is 3.62. The van der Waals surface area contributed by atoms with E-state index in [1.54, 1.807) is 6.20 Å². The number of urea groups is 1. The first-order valence-electron chi connectivity index (χ1n) is 9.50. The molecule has 3 heterocycles. The van der Waals surface area contributed by atoms with Gasteiger partial charge in [0.1, 0.15) is 11.5 Å². The Kier molecular flexibility index (Phi) is 4.40.